The Morgan fingerprint density at radius 1 is 0.862 bits per heavy atom. The van der Waals surface area contributed by atoms with Crippen LogP contribution < -0.4 is 4.74 Å². The van der Waals surface area contributed by atoms with Gasteiger partial charge in [0.05, 0.1) is 0 Å². The van der Waals surface area contributed by atoms with Gasteiger partial charge < -0.3 is 9.72 Å². The lowest BCUT2D eigenvalue weighted by molar-refractivity contribution is -0.0430. The van der Waals surface area contributed by atoms with Gasteiger partial charge in [0.15, 0.2) is 0 Å². The molecule has 3 heteroatoms. The molecule has 1 aromatic heterocycles. The average Bonchev–Trinajstić information content (AvgIpc) is 3.26. The molecule has 3 aliphatic rings. The molecule has 2 unspecified atom stereocenters. The number of rotatable bonds is 5. The van der Waals surface area contributed by atoms with E-state index >= 15 is 0 Å². The van der Waals surface area contributed by atoms with Crippen LogP contribution in [0, 0.1) is 0 Å². The van der Waals surface area contributed by atoms with Crippen LogP contribution in [0.3, 0.4) is 0 Å². The van der Waals surface area contributed by atoms with Crippen LogP contribution >= 0.6 is 0 Å². The van der Waals surface area contributed by atoms with Crippen LogP contribution in [0.5, 0.6) is 5.75 Å². The number of piperidine rings is 1. The normalized spacial score (nSPS) is 23.9. The minimum absolute atomic E-state index is 0.703. The second-order valence-electron chi connectivity index (χ2n) is 8.60. The highest BCUT2D eigenvalue weighted by Crippen LogP contribution is 2.45. The van der Waals surface area contributed by atoms with Gasteiger partial charge in [-0.05, 0) is 59.7 Å². The van der Waals surface area contributed by atoms with Gasteiger partial charge in [-0.25, -0.2) is 0 Å². The Kier molecular flexibility index (Phi) is 4.09. The molecule has 0 radical (unpaired) electrons. The van der Waals surface area contributed by atoms with E-state index < -0.39 is 0 Å². The SMILES string of the molecule is c1ccc2cc(C3CC4CC(C3)N4CCOc3cccc4[nH]ccc34)ccc2c1. The largest absolute Gasteiger partial charge is 0.492 e. The zero-order chi connectivity index (χ0) is 19.2. The molecular formula is C26H26N2O. The molecular weight excluding hydrogens is 356 g/mol. The number of nitrogens with one attached hydrogen (secondary N) is 1. The van der Waals surface area contributed by atoms with Gasteiger partial charge >= 0.3 is 0 Å². The van der Waals surface area contributed by atoms with Gasteiger partial charge in [-0.3, -0.25) is 4.90 Å². The fraction of sp³-hybridized carbons (Fsp3) is 0.308. The Morgan fingerprint density at radius 3 is 2.62 bits per heavy atom. The molecule has 1 saturated carbocycles. The van der Waals surface area contributed by atoms with Crippen LogP contribution in [0.4, 0.5) is 0 Å². The maximum atomic E-state index is 6.15. The van der Waals surface area contributed by atoms with Gasteiger partial charge in [0.1, 0.15) is 12.4 Å². The lowest BCUT2D eigenvalue weighted by Crippen LogP contribution is -2.61. The summed E-state index contributed by atoms with van der Waals surface area (Å²) in [5, 5.41) is 3.88. The number of ether oxygens (including phenoxy) is 1. The standard InChI is InChI=1S/C26H26N2O/c1-2-5-19-14-20(9-8-18(19)4-1)21-15-22-17-23(16-21)28(22)12-13-29-26-7-3-6-25-24(26)10-11-27-25/h1-11,14,21-23,27H,12-13,15-17H2. The lowest BCUT2D eigenvalue weighted by atomic mass is 9.71. The number of fused-ring (bicyclic) bond motifs is 4. The van der Waals surface area contributed by atoms with Gasteiger partial charge in [0, 0.05) is 35.7 Å². The number of aromatic amines is 1. The minimum atomic E-state index is 0.703. The zero-order valence-corrected chi connectivity index (χ0v) is 16.6. The molecule has 2 bridgehead atoms. The lowest BCUT2D eigenvalue weighted by Gasteiger charge is -2.55. The van der Waals surface area contributed by atoms with E-state index in [2.05, 4.69) is 76.6 Å². The monoisotopic (exact) mass is 382 g/mol. The van der Waals surface area contributed by atoms with Crippen LogP contribution in [0.15, 0.2) is 72.9 Å². The van der Waals surface area contributed by atoms with Gasteiger partial charge in [0.25, 0.3) is 0 Å². The number of H-pyrrole nitrogens is 1. The summed E-state index contributed by atoms with van der Waals surface area (Å²) in [6.07, 6.45) is 5.90. The van der Waals surface area contributed by atoms with Crippen molar-refractivity contribution in [3.8, 4) is 5.75 Å². The second-order valence-corrected chi connectivity index (χ2v) is 8.60. The van der Waals surface area contributed by atoms with E-state index in [1.807, 2.05) is 6.20 Å². The van der Waals surface area contributed by atoms with E-state index in [0.29, 0.717) is 5.92 Å². The molecule has 146 valence electrons. The number of benzene rings is 3. The topological polar surface area (TPSA) is 28.3 Å². The van der Waals surface area contributed by atoms with Crippen molar-refractivity contribution in [1.82, 2.24) is 9.88 Å². The first-order valence-electron chi connectivity index (χ1n) is 10.8. The van der Waals surface area contributed by atoms with Gasteiger partial charge in [-0.15, -0.1) is 0 Å². The Morgan fingerprint density at radius 2 is 1.72 bits per heavy atom. The number of aromatic nitrogens is 1. The molecule has 29 heavy (non-hydrogen) atoms. The van der Waals surface area contributed by atoms with E-state index in [4.69, 9.17) is 4.74 Å². The number of nitrogens with zero attached hydrogens (tertiary/aromatic N) is 1. The quantitative estimate of drug-likeness (QED) is 0.478. The molecule has 2 aliphatic heterocycles. The summed E-state index contributed by atoms with van der Waals surface area (Å²) in [4.78, 5) is 5.93. The number of hydrogen-bond donors (Lipinski definition) is 1. The summed E-state index contributed by atoms with van der Waals surface area (Å²) >= 11 is 0. The van der Waals surface area contributed by atoms with Crippen molar-refractivity contribution >= 4 is 21.7 Å². The maximum Gasteiger partial charge on any atom is 0.128 e. The summed E-state index contributed by atoms with van der Waals surface area (Å²) in [6, 6.07) is 25.5. The van der Waals surface area contributed by atoms with Gasteiger partial charge in [0.2, 0.25) is 0 Å². The molecule has 4 aromatic rings. The molecule has 2 atom stereocenters. The second kappa shape index (κ2) is 6.93. The molecule has 1 aliphatic carbocycles. The third kappa shape index (κ3) is 3.01. The molecule has 3 fully saturated rings. The maximum absolute atomic E-state index is 6.15. The Hall–Kier alpha value is -2.78. The van der Waals surface area contributed by atoms with Crippen molar-refractivity contribution in [1.29, 1.82) is 0 Å². The molecule has 7 rings (SSSR count). The summed E-state index contributed by atoms with van der Waals surface area (Å²) in [5.74, 6) is 1.69. The molecule has 3 aromatic carbocycles. The first-order valence-corrected chi connectivity index (χ1v) is 10.8. The van der Waals surface area contributed by atoms with Crippen molar-refractivity contribution in [2.24, 2.45) is 0 Å². The summed E-state index contributed by atoms with van der Waals surface area (Å²) in [5.41, 5.74) is 2.66. The molecule has 0 amide bonds. The van der Waals surface area contributed by atoms with Crippen LogP contribution in [0.2, 0.25) is 0 Å². The van der Waals surface area contributed by atoms with Crippen molar-refractivity contribution < 1.29 is 4.74 Å². The highest BCUT2D eigenvalue weighted by molar-refractivity contribution is 5.85. The van der Waals surface area contributed by atoms with Gasteiger partial charge in [-0.2, -0.15) is 0 Å². The Balaban J connectivity index is 1.09. The summed E-state index contributed by atoms with van der Waals surface area (Å²) in [7, 11) is 0. The minimum Gasteiger partial charge on any atom is -0.492 e. The predicted molar refractivity (Wildman–Crippen MR) is 119 cm³/mol. The zero-order valence-electron chi connectivity index (χ0n) is 16.6. The fourth-order valence-corrected chi connectivity index (χ4v) is 5.50. The highest BCUT2D eigenvalue weighted by Gasteiger charge is 2.45. The first kappa shape index (κ1) is 17.1. The third-order valence-electron chi connectivity index (χ3n) is 7.00. The molecule has 2 saturated heterocycles. The van der Waals surface area contributed by atoms with Crippen molar-refractivity contribution in [3.05, 3.63) is 78.5 Å². The Bertz CT molecular complexity index is 1150. The summed E-state index contributed by atoms with van der Waals surface area (Å²) in [6.45, 7) is 1.79. The van der Waals surface area contributed by atoms with Crippen molar-refractivity contribution in [2.75, 3.05) is 13.2 Å². The fourth-order valence-electron chi connectivity index (χ4n) is 5.50. The van der Waals surface area contributed by atoms with Crippen LogP contribution in [0.25, 0.3) is 21.7 Å². The van der Waals surface area contributed by atoms with Crippen LogP contribution in [0.1, 0.15) is 30.7 Å². The van der Waals surface area contributed by atoms with Crippen LogP contribution in [-0.2, 0) is 0 Å². The average molecular weight is 383 g/mol. The first-order chi connectivity index (χ1) is 14.3. The van der Waals surface area contributed by atoms with E-state index in [0.717, 1.165) is 36.5 Å². The van der Waals surface area contributed by atoms with Gasteiger partial charge in [-0.1, -0.05) is 48.5 Å². The molecule has 3 heterocycles. The smallest absolute Gasteiger partial charge is 0.128 e. The summed E-state index contributed by atoms with van der Waals surface area (Å²) < 4.78 is 6.15. The number of hydrogen-bond acceptors (Lipinski definition) is 2. The van der Waals surface area contributed by atoms with Crippen molar-refractivity contribution in [3.63, 3.8) is 0 Å². The third-order valence-corrected chi connectivity index (χ3v) is 7.00. The van der Waals surface area contributed by atoms with Crippen molar-refractivity contribution in [2.45, 2.75) is 37.3 Å². The van der Waals surface area contributed by atoms with Crippen LogP contribution in [-0.4, -0.2) is 35.1 Å². The van der Waals surface area contributed by atoms with E-state index in [-0.39, 0.29) is 0 Å². The van der Waals surface area contributed by atoms with E-state index in [1.54, 1.807) is 0 Å². The molecule has 0 spiro atoms. The Labute approximate surface area is 171 Å². The van der Waals surface area contributed by atoms with E-state index in [9.17, 15) is 0 Å². The molecule has 3 nitrogen and oxygen atoms in total. The molecule has 1 N–H and O–H groups in total. The predicted octanol–water partition coefficient (Wildman–Crippen LogP) is 5.72. The highest BCUT2D eigenvalue weighted by atomic mass is 16.5. The van der Waals surface area contributed by atoms with E-state index in [1.165, 1.54) is 41.0 Å².